The number of aliphatic carboxylic acids is 1. The van der Waals surface area contributed by atoms with Crippen LogP contribution in [-0.2, 0) is 11.3 Å². The predicted octanol–water partition coefficient (Wildman–Crippen LogP) is 1.92. The zero-order valence-corrected chi connectivity index (χ0v) is 11.4. The molecule has 104 valence electrons. The number of hydrogen-bond acceptors (Lipinski definition) is 4. The lowest BCUT2D eigenvalue weighted by atomic mass is 9.88. The zero-order valence-electron chi connectivity index (χ0n) is 11.4. The van der Waals surface area contributed by atoms with Crippen LogP contribution < -0.4 is 4.74 Å². The van der Waals surface area contributed by atoms with Crippen LogP contribution in [0.1, 0.15) is 31.9 Å². The van der Waals surface area contributed by atoms with Gasteiger partial charge in [-0.05, 0) is 38.8 Å². The summed E-state index contributed by atoms with van der Waals surface area (Å²) in [7, 11) is 1.58. The van der Waals surface area contributed by atoms with E-state index in [4.69, 9.17) is 4.74 Å². The molecule has 1 aromatic rings. The van der Waals surface area contributed by atoms with Crippen molar-refractivity contribution in [3.8, 4) is 5.88 Å². The molecule has 1 saturated heterocycles. The van der Waals surface area contributed by atoms with E-state index in [0.29, 0.717) is 18.8 Å². The van der Waals surface area contributed by atoms with Gasteiger partial charge < -0.3 is 9.84 Å². The number of pyridine rings is 1. The van der Waals surface area contributed by atoms with Crippen LogP contribution >= 0.6 is 0 Å². The summed E-state index contributed by atoms with van der Waals surface area (Å²) >= 11 is 0. The van der Waals surface area contributed by atoms with Gasteiger partial charge in [0.25, 0.3) is 0 Å². The number of ether oxygens (including phenoxy) is 1. The van der Waals surface area contributed by atoms with E-state index in [2.05, 4.69) is 4.98 Å². The van der Waals surface area contributed by atoms with Crippen molar-refractivity contribution in [2.24, 2.45) is 0 Å². The van der Waals surface area contributed by atoms with E-state index in [9.17, 15) is 9.90 Å². The second-order valence-electron chi connectivity index (χ2n) is 5.13. The second-order valence-corrected chi connectivity index (χ2v) is 5.13. The highest BCUT2D eigenvalue weighted by Gasteiger charge is 2.41. The van der Waals surface area contributed by atoms with Gasteiger partial charge in [0.2, 0.25) is 5.88 Å². The Morgan fingerprint density at radius 2 is 2.32 bits per heavy atom. The molecular formula is C14H20N2O3. The number of nitrogens with zero attached hydrogens (tertiary/aromatic N) is 2. The Hall–Kier alpha value is -1.62. The molecule has 2 rings (SSSR count). The Morgan fingerprint density at radius 1 is 1.53 bits per heavy atom. The second kappa shape index (κ2) is 5.57. The van der Waals surface area contributed by atoms with Crippen LogP contribution in [0.25, 0.3) is 0 Å². The third-order valence-corrected chi connectivity index (χ3v) is 3.84. The first-order valence-electron chi connectivity index (χ1n) is 6.54. The van der Waals surface area contributed by atoms with Crippen molar-refractivity contribution in [3.63, 3.8) is 0 Å². The van der Waals surface area contributed by atoms with Crippen LogP contribution in [0.15, 0.2) is 18.2 Å². The van der Waals surface area contributed by atoms with Gasteiger partial charge in [-0.15, -0.1) is 0 Å². The molecule has 1 fully saturated rings. The highest BCUT2D eigenvalue weighted by atomic mass is 16.5. The SMILES string of the molecule is COc1cccc(CN2CCCCC2(C)C(=O)O)n1. The molecular weight excluding hydrogens is 244 g/mol. The van der Waals surface area contributed by atoms with Crippen LogP contribution in [-0.4, -0.2) is 40.2 Å². The van der Waals surface area contributed by atoms with Crippen LogP contribution in [0.2, 0.25) is 0 Å². The number of likely N-dealkylation sites (tertiary alicyclic amines) is 1. The first-order chi connectivity index (χ1) is 9.06. The normalized spacial score (nSPS) is 24.1. The van der Waals surface area contributed by atoms with Gasteiger partial charge in [0, 0.05) is 12.6 Å². The van der Waals surface area contributed by atoms with E-state index < -0.39 is 11.5 Å². The summed E-state index contributed by atoms with van der Waals surface area (Å²) in [6.07, 6.45) is 2.68. The minimum atomic E-state index is -0.789. The molecule has 0 radical (unpaired) electrons. The molecule has 0 saturated carbocycles. The third kappa shape index (κ3) is 2.87. The van der Waals surface area contributed by atoms with Crippen molar-refractivity contribution in [1.82, 2.24) is 9.88 Å². The lowest BCUT2D eigenvalue weighted by Crippen LogP contribution is -2.54. The smallest absolute Gasteiger partial charge is 0.323 e. The minimum Gasteiger partial charge on any atom is -0.481 e. The molecule has 5 nitrogen and oxygen atoms in total. The van der Waals surface area contributed by atoms with E-state index >= 15 is 0 Å². The van der Waals surface area contributed by atoms with E-state index in [1.54, 1.807) is 20.1 Å². The molecule has 2 heterocycles. The summed E-state index contributed by atoms with van der Waals surface area (Å²) in [5.41, 5.74) is 0.0527. The fourth-order valence-corrected chi connectivity index (χ4v) is 2.53. The average molecular weight is 264 g/mol. The molecule has 0 spiro atoms. The average Bonchev–Trinajstić information content (AvgIpc) is 2.41. The van der Waals surface area contributed by atoms with Gasteiger partial charge in [-0.2, -0.15) is 0 Å². The molecule has 0 aliphatic carbocycles. The summed E-state index contributed by atoms with van der Waals surface area (Å²) < 4.78 is 5.10. The summed E-state index contributed by atoms with van der Waals surface area (Å²) in [4.78, 5) is 17.9. The highest BCUT2D eigenvalue weighted by Crippen LogP contribution is 2.29. The molecule has 1 N–H and O–H groups in total. The Kier molecular flexibility index (Phi) is 4.04. The maximum absolute atomic E-state index is 11.5. The molecule has 19 heavy (non-hydrogen) atoms. The monoisotopic (exact) mass is 264 g/mol. The summed E-state index contributed by atoms with van der Waals surface area (Å²) in [5.74, 6) is -0.193. The molecule has 1 unspecified atom stereocenters. The standard InChI is InChI=1S/C14H20N2O3/c1-14(13(17)18)8-3-4-9-16(14)10-11-6-5-7-12(15-11)19-2/h5-7H,3-4,8-10H2,1-2H3,(H,17,18). The van der Waals surface area contributed by atoms with Crippen LogP contribution in [0, 0.1) is 0 Å². The minimum absolute atomic E-state index is 0.542. The molecule has 1 aliphatic rings. The molecule has 1 aliphatic heterocycles. The van der Waals surface area contributed by atoms with Gasteiger partial charge in [0.05, 0.1) is 12.8 Å². The number of rotatable bonds is 4. The molecule has 0 bridgehead atoms. The van der Waals surface area contributed by atoms with Crippen LogP contribution in [0.5, 0.6) is 5.88 Å². The Morgan fingerprint density at radius 3 is 3.00 bits per heavy atom. The number of methoxy groups -OCH3 is 1. The third-order valence-electron chi connectivity index (χ3n) is 3.84. The number of hydrogen-bond donors (Lipinski definition) is 1. The van der Waals surface area contributed by atoms with E-state index in [1.807, 2.05) is 17.0 Å². The van der Waals surface area contributed by atoms with E-state index in [1.165, 1.54) is 0 Å². The van der Waals surface area contributed by atoms with Crippen molar-refractivity contribution in [2.45, 2.75) is 38.3 Å². The van der Waals surface area contributed by atoms with Gasteiger partial charge in [-0.3, -0.25) is 9.69 Å². The van der Waals surface area contributed by atoms with Crippen molar-refractivity contribution in [3.05, 3.63) is 23.9 Å². The van der Waals surface area contributed by atoms with Crippen LogP contribution in [0.3, 0.4) is 0 Å². The van der Waals surface area contributed by atoms with Crippen molar-refractivity contribution in [1.29, 1.82) is 0 Å². The largest absolute Gasteiger partial charge is 0.481 e. The maximum atomic E-state index is 11.5. The maximum Gasteiger partial charge on any atom is 0.323 e. The molecule has 0 amide bonds. The fourth-order valence-electron chi connectivity index (χ4n) is 2.53. The zero-order chi connectivity index (χ0) is 13.9. The molecule has 1 atom stereocenters. The Labute approximate surface area is 113 Å². The van der Waals surface area contributed by atoms with Gasteiger partial charge in [-0.25, -0.2) is 4.98 Å². The molecule has 0 aromatic carbocycles. The summed E-state index contributed by atoms with van der Waals surface area (Å²) in [6, 6.07) is 5.57. The highest BCUT2D eigenvalue weighted by molar-refractivity contribution is 5.78. The summed E-state index contributed by atoms with van der Waals surface area (Å²) in [5, 5.41) is 9.46. The lowest BCUT2D eigenvalue weighted by molar-refractivity contribution is -0.153. The number of carboxylic acid groups (broad SMARTS) is 1. The first-order valence-corrected chi connectivity index (χ1v) is 6.54. The summed E-state index contributed by atoms with van der Waals surface area (Å²) in [6.45, 7) is 3.14. The molecule has 1 aromatic heterocycles. The quantitative estimate of drug-likeness (QED) is 0.900. The Balaban J connectivity index is 2.17. The van der Waals surface area contributed by atoms with Gasteiger partial charge >= 0.3 is 5.97 Å². The van der Waals surface area contributed by atoms with Crippen molar-refractivity contribution in [2.75, 3.05) is 13.7 Å². The topological polar surface area (TPSA) is 62.7 Å². The van der Waals surface area contributed by atoms with Crippen molar-refractivity contribution >= 4 is 5.97 Å². The lowest BCUT2D eigenvalue weighted by Gasteiger charge is -2.41. The number of carboxylic acids is 1. The number of piperidine rings is 1. The van der Waals surface area contributed by atoms with Crippen LogP contribution in [0.4, 0.5) is 0 Å². The van der Waals surface area contributed by atoms with Gasteiger partial charge in [0.1, 0.15) is 5.54 Å². The van der Waals surface area contributed by atoms with Gasteiger partial charge in [0.15, 0.2) is 0 Å². The number of carbonyl (C=O) groups is 1. The fraction of sp³-hybridized carbons (Fsp3) is 0.571. The van der Waals surface area contributed by atoms with E-state index in [0.717, 1.165) is 25.1 Å². The van der Waals surface area contributed by atoms with E-state index in [-0.39, 0.29) is 0 Å². The van der Waals surface area contributed by atoms with Crippen molar-refractivity contribution < 1.29 is 14.6 Å². The van der Waals surface area contributed by atoms with Gasteiger partial charge in [-0.1, -0.05) is 6.07 Å². The molecule has 5 heteroatoms. The Bertz CT molecular complexity index is 464. The predicted molar refractivity (Wildman–Crippen MR) is 71.1 cm³/mol. The number of aromatic nitrogens is 1. The first kappa shape index (κ1) is 13.8.